The van der Waals surface area contributed by atoms with Crippen molar-refractivity contribution in [2.24, 2.45) is 0 Å². The lowest BCUT2D eigenvalue weighted by Gasteiger charge is -2.07. The van der Waals surface area contributed by atoms with Gasteiger partial charge in [-0.05, 0) is 13.0 Å². The highest BCUT2D eigenvalue weighted by Crippen LogP contribution is 2.28. The van der Waals surface area contributed by atoms with Crippen LogP contribution >= 0.6 is 11.6 Å². The summed E-state index contributed by atoms with van der Waals surface area (Å²) in [5.74, 6) is 0.357. The van der Waals surface area contributed by atoms with Gasteiger partial charge in [0.15, 0.2) is 0 Å². The lowest BCUT2D eigenvalue weighted by Crippen LogP contribution is -1.99. The molecule has 2 rings (SSSR count). The molecule has 2 aromatic heterocycles. The molecule has 6 nitrogen and oxygen atoms in total. The maximum absolute atomic E-state index is 6.01. The molecule has 2 heterocycles. The first-order valence-corrected chi connectivity index (χ1v) is 5.48. The summed E-state index contributed by atoms with van der Waals surface area (Å²) in [4.78, 5) is 8.08. The fourth-order valence-electron chi connectivity index (χ4n) is 1.34. The third kappa shape index (κ3) is 2.33. The quantitative estimate of drug-likeness (QED) is 0.845. The van der Waals surface area contributed by atoms with E-state index in [4.69, 9.17) is 21.1 Å². The van der Waals surface area contributed by atoms with Crippen LogP contribution in [-0.2, 0) is 0 Å². The van der Waals surface area contributed by atoms with E-state index in [9.17, 15) is 0 Å². The number of hydrogen-bond acceptors (Lipinski definition) is 6. The van der Waals surface area contributed by atoms with Crippen molar-refractivity contribution in [2.45, 2.75) is 6.92 Å². The Morgan fingerprint density at radius 2 is 1.94 bits per heavy atom. The van der Waals surface area contributed by atoms with Crippen LogP contribution in [0.25, 0.3) is 11.3 Å². The molecular weight excluding hydrogens is 256 g/mol. The van der Waals surface area contributed by atoms with Gasteiger partial charge >= 0.3 is 6.01 Å². The molecule has 0 fully saturated rings. The van der Waals surface area contributed by atoms with Gasteiger partial charge in [0.05, 0.1) is 30.5 Å². The SMILES string of the molecule is COc1ncc(-c2cc(Cl)c(C)nn2)c(OC)n1. The average Bonchev–Trinajstić information content (AvgIpc) is 2.41. The van der Waals surface area contributed by atoms with Crippen molar-refractivity contribution < 1.29 is 9.47 Å². The lowest BCUT2D eigenvalue weighted by atomic mass is 10.2. The number of aromatic nitrogens is 4. The van der Waals surface area contributed by atoms with E-state index in [0.717, 1.165) is 0 Å². The summed E-state index contributed by atoms with van der Waals surface area (Å²) in [6, 6.07) is 1.92. The second kappa shape index (κ2) is 5.14. The van der Waals surface area contributed by atoms with E-state index in [-0.39, 0.29) is 6.01 Å². The van der Waals surface area contributed by atoms with E-state index in [1.807, 2.05) is 0 Å². The van der Waals surface area contributed by atoms with Gasteiger partial charge in [-0.15, -0.1) is 5.10 Å². The second-order valence-electron chi connectivity index (χ2n) is 3.44. The van der Waals surface area contributed by atoms with Crippen molar-refractivity contribution in [3.63, 3.8) is 0 Å². The van der Waals surface area contributed by atoms with E-state index in [0.29, 0.717) is 27.9 Å². The van der Waals surface area contributed by atoms with Crippen LogP contribution in [0.1, 0.15) is 5.69 Å². The summed E-state index contributed by atoms with van der Waals surface area (Å²) in [6.07, 6.45) is 1.56. The van der Waals surface area contributed by atoms with Gasteiger partial charge in [0, 0.05) is 6.20 Å². The number of methoxy groups -OCH3 is 2. The lowest BCUT2D eigenvalue weighted by molar-refractivity contribution is 0.353. The molecule has 0 aliphatic heterocycles. The molecule has 0 radical (unpaired) electrons. The number of hydrogen-bond donors (Lipinski definition) is 0. The van der Waals surface area contributed by atoms with Gasteiger partial charge < -0.3 is 9.47 Å². The van der Waals surface area contributed by atoms with Gasteiger partial charge in [-0.3, -0.25) is 0 Å². The molecule has 0 spiro atoms. The molecule has 0 aliphatic carbocycles. The summed E-state index contributed by atoms with van der Waals surface area (Å²) in [5, 5.41) is 8.51. The first-order chi connectivity index (χ1) is 8.65. The molecule has 0 atom stereocenters. The zero-order valence-corrected chi connectivity index (χ0v) is 10.9. The molecule has 0 saturated carbocycles. The van der Waals surface area contributed by atoms with Crippen molar-refractivity contribution in [1.82, 2.24) is 20.2 Å². The fourth-order valence-corrected chi connectivity index (χ4v) is 1.48. The van der Waals surface area contributed by atoms with E-state index < -0.39 is 0 Å². The Kier molecular flexibility index (Phi) is 3.57. The molecule has 0 aromatic carbocycles. The Morgan fingerprint density at radius 1 is 1.17 bits per heavy atom. The van der Waals surface area contributed by atoms with Crippen molar-refractivity contribution in [2.75, 3.05) is 14.2 Å². The topological polar surface area (TPSA) is 70.0 Å². The van der Waals surface area contributed by atoms with Gasteiger partial charge in [0.1, 0.15) is 5.69 Å². The van der Waals surface area contributed by atoms with E-state index >= 15 is 0 Å². The average molecular weight is 267 g/mol. The molecule has 7 heteroatoms. The maximum Gasteiger partial charge on any atom is 0.319 e. The molecule has 0 aliphatic rings. The maximum atomic E-state index is 6.01. The van der Waals surface area contributed by atoms with Gasteiger partial charge in [-0.25, -0.2) is 4.98 Å². The molecular formula is C11H11ClN4O2. The monoisotopic (exact) mass is 266 g/mol. The van der Waals surface area contributed by atoms with Gasteiger partial charge in [0.25, 0.3) is 0 Å². The van der Waals surface area contributed by atoms with Crippen LogP contribution in [0.5, 0.6) is 11.9 Å². The molecule has 0 bridgehead atoms. The van der Waals surface area contributed by atoms with E-state index in [1.165, 1.54) is 14.2 Å². The fraction of sp³-hybridized carbons (Fsp3) is 0.273. The van der Waals surface area contributed by atoms with Gasteiger partial charge in [0.2, 0.25) is 5.88 Å². The Balaban J connectivity index is 2.52. The molecule has 18 heavy (non-hydrogen) atoms. The first kappa shape index (κ1) is 12.5. The van der Waals surface area contributed by atoms with E-state index in [2.05, 4.69) is 20.2 Å². The summed E-state index contributed by atoms with van der Waals surface area (Å²) in [5.41, 5.74) is 1.81. The Morgan fingerprint density at radius 3 is 2.56 bits per heavy atom. The van der Waals surface area contributed by atoms with Crippen LogP contribution in [0.3, 0.4) is 0 Å². The van der Waals surface area contributed by atoms with Crippen LogP contribution in [0.2, 0.25) is 5.02 Å². The minimum atomic E-state index is 0.224. The highest BCUT2D eigenvalue weighted by atomic mass is 35.5. The largest absolute Gasteiger partial charge is 0.480 e. The zero-order chi connectivity index (χ0) is 13.1. The van der Waals surface area contributed by atoms with Crippen LogP contribution in [0, 0.1) is 6.92 Å². The van der Waals surface area contributed by atoms with Gasteiger partial charge in [-0.2, -0.15) is 10.1 Å². The first-order valence-electron chi connectivity index (χ1n) is 5.11. The molecule has 0 saturated heterocycles. The predicted octanol–water partition coefficient (Wildman–Crippen LogP) is 1.91. The van der Waals surface area contributed by atoms with E-state index in [1.54, 1.807) is 19.2 Å². The molecule has 94 valence electrons. The summed E-state index contributed by atoms with van der Waals surface area (Å²) in [6.45, 7) is 1.78. The van der Waals surface area contributed by atoms with Crippen molar-refractivity contribution in [1.29, 1.82) is 0 Å². The predicted molar refractivity (Wildman–Crippen MR) is 65.9 cm³/mol. The van der Waals surface area contributed by atoms with Gasteiger partial charge in [-0.1, -0.05) is 11.6 Å². The number of halogens is 1. The van der Waals surface area contributed by atoms with Crippen molar-refractivity contribution >= 4 is 11.6 Å². The second-order valence-corrected chi connectivity index (χ2v) is 3.85. The number of aryl methyl sites for hydroxylation is 1. The number of ether oxygens (including phenoxy) is 2. The smallest absolute Gasteiger partial charge is 0.319 e. The molecule has 0 unspecified atom stereocenters. The van der Waals surface area contributed by atoms with Crippen LogP contribution in [-0.4, -0.2) is 34.4 Å². The number of nitrogens with zero attached hydrogens (tertiary/aromatic N) is 4. The summed E-state index contributed by atoms with van der Waals surface area (Å²) >= 11 is 6.01. The zero-order valence-electron chi connectivity index (χ0n) is 10.1. The highest BCUT2D eigenvalue weighted by molar-refractivity contribution is 6.31. The Bertz CT molecular complexity index is 577. The molecule has 0 amide bonds. The Hall–Kier alpha value is -1.95. The minimum Gasteiger partial charge on any atom is -0.480 e. The van der Waals surface area contributed by atoms with Crippen LogP contribution in [0.4, 0.5) is 0 Å². The summed E-state index contributed by atoms with van der Waals surface area (Å²) < 4.78 is 10.1. The van der Waals surface area contributed by atoms with Crippen molar-refractivity contribution in [3.8, 4) is 23.1 Å². The highest BCUT2D eigenvalue weighted by Gasteiger charge is 2.13. The number of rotatable bonds is 3. The van der Waals surface area contributed by atoms with Crippen LogP contribution in [0.15, 0.2) is 12.3 Å². The molecule has 2 aromatic rings. The minimum absolute atomic E-state index is 0.224. The Labute approximate surface area is 109 Å². The normalized spacial score (nSPS) is 10.2. The summed E-state index contributed by atoms with van der Waals surface area (Å²) in [7, 11) is 2.99. The standard InChI is InChI=1S/C11H11ClN4O2/c1-6-8(12)4-9(16-15-6)7-5-13-11(18-3)14-10(7)17-2/h4-5H,1-3H3. The van der Waals surface area contributed by atoms with Crippen LogP contribution < -0.4 is 9.47 Å². The third-order valence-corrected chi connectivity index (χ3v) is 2.68. The molecule has 0 N–H and O–H groups in total. The van der Waals surface area contributed by atoms with Crippen molar-refractivity contribution in [3.05, 3.63) is 23.0 Å². The third-order valence-electron chi connectivity index (χ3n) is 2.30.